The van der Waals surface area contributed by atoms with Gasteiger partial charge in [-0.25, -0.2) is 4.39 Å². The standard InChI is InChI=1S/C14H17BrFNO2/c1-2-19-11-4-3-7-17(9-11)14(18)12-8-10(15)5-6-13(12)16/h5-6,8,11H,2-4,7,9H2,1H3. The molecule has 0 aliphatic carbocycles. The SMILES string of the molecule is CCOC1CCCN(C(=O)c2cc(Br)ccc2F)C1. The molecule has 1 heterocycles. The molecule has 1 fully saturated rings. The van der Waals surface area contributed by atoms with E-state index < -0.39 is 5.82 Å². The quantitative estimate of drug-likeness (QED) is 0.852. The van der Waals surface area contributed by atoms with Crippen LogP contribution in [0, 0.1) is 5.82 Å². The molecule has 1 aromatic carbocycles. The highest BCUT2D eigenvalue weighted by molar-refractivity contribution is 9.10. The highest BCUT2D eigenvalue weighted by Gasteiger charge is 2.26. The van der Waals surface area contributed by atoms with Gasteiger partial charge in [0.15, 0.2) is 0 Å². The molecule has 1 amide bonds. The van der Waals surface area contributed by atoms with Crippen LogP contribution in [0.4, 0.5) is 4.39 Å². The molecule has 1 saturated heterocycles. The van der Waals surface area contributed by atoms with Crippen molar-refractivity contribution in [2.75, 3.05) is 19.7 Å². The van der Waals surface area contributed by atoms with Gasteiger partial charge < -0.3 is 9.64 Å². The first-order valence-electron chi connectivity index (χ1n) is 6.47. The maximum atomic E-state index is 13.7. The molecule has 1 aliphatic heterocycles. The zero-order chi connectivity index (χ0) is 13.8. The first-order chi connectivity index (χ1) is 9.11. The maximum Gasteiger partial charge on any atom is 0.256 e. The van der Waals surface area contributed by atoms with Gasteiger partial charge in [-0.15, -0.1) is 0 Å². The molecule has 1 atom stereocenters. The van der Waals surface area contributed by atoms with Crippen molar-refractivity contribution in [3.63, 3.8) is 0 Å². The maximum absolute atomic E-state index is 13.7. The van der Waals surface area contributed by atoms with Crippen LogP contribution in [0.2, 0.25) is 0 Å². The van der Waals surface area contributed by atoms with E-state index in [2.05, 4.69) is 15.9 Å². The van der Waals surface area contributed by atoms with Crippen LogP contribution in [0.1, 0.15) is 30.1 Å². The number of hydrogen-bond acceptors (Lipinski definition) is 2. The number of ether oxygens (including phenoxy) is 1. The summed E-state index contributed by atoms with van der Waals surface area (Å²) in [4.78, 5) is 14.0. The summed E-state index contributed by atoms with van der Waals surface area (Å²) in [7, 11) is 0. The van der Waals surface area contributed by atoms with Crippen LogP contribution in [0.15, 0.2) is 22.7 Å². The summed E-state index contributed by atoms with van der Waals surface area (Å²) < 4.78 is 20.0. The van der Waals surface area contributed by atoms with Crippen LogP contribution in [-0.2, 0) is 4.74 Å². The van der Waals surface area contributed by atoms with E-state index >= 15 is 0 Å². The second-order valence-corrected chi connectivity index (χ2v) is 5.51. The second kappa shape index (κ2) is 6.48. The topological polar surface area (TPSA) is 29.5 Å². The normalized spacial score (nSPS) is 19.5. The minimum Gasteiger partial charge on any atom is -0.377 e. The molecule has 0 saturated carbocycles. The number of carbonyl (C=O) groups is 1. The van der Waals surface area contributed by atoms with Crippen molar-refractivity contribution < 1.29 is 13.9 Å². The number of nitrogens with zero attached hydrogens (tertiary/aromatic N) is 1. The van der Waals surface area contributed by atoms with E-state index in [1.807, 2.05) is 6.92 Å². The van der Waals surface area contributed by atoms with Crippen LogP contribution < -0.4 is 0 Å². The molecule has 1 aliphatic rings. The van der Waals surface area contributed by atoms with Crippen molar-refractivity contribution in [1.29, 1.82) is 0 Å². The third kappa shape index (κ3) is 3.54. The fraction of sp³-hybridized carbons (Fsp3) is 0.500. The van der Waals surface area contributed by atoms with E-state index in [1.54, 1.807) is 11.0 Å². The van der Waals surface area contributed by atoms with E-state index in [9.17, 15) is 9.18 Å². The van der Waals surface area contributed by atoms with Crippen molar-refractivity contribution in [3.8, 4) is 0 Å². The molecule has 0 N–H and O–H groups in total. The van der Waals surface area contributed by atoms with E-state index in [0.717, 1.165) is 12.8 Å². The Morgan fingerprint density at radius 2 is 2.37 bits per heavy atom. The predicted octanol–water partition coefficient (Wildman–Crippen LogP) is 3.23. The molecule has 0 radical (unpaired) electrons. The Morgan fingerprint density at radius 1 is 1.58 bits per heavy atom. The van der Waals surface area contributed by atoms with Crippen molar-refractivity contribution >= 4 is 21.8 Å². The Balaban J connectivity index is 2.12. The van der Waals surface area contributed by atoms with E-state index in [1.165, 1.54) is 12.1 Å². The Bertz CT molecular complexity index is 465. The molecule has 1 aromatic rings. The van der Waals surface area contributed by atoms with Crippen LogP contribution in [0.3, 0.4) is 0 Å². The molecule has 5 heteroatoms. The zero-order valence-electron chi connectivity index (χ0n) is 10.9. The van der Waals surface area contributed by atoms with Crippen molar-refractivity contribution in [2.45, 2.75) is 25.9 Å². The summed E-state index contributed by atoms with van der Waals surface area (Å²) in [5, 5.41) is 0. The molecule has 104 valence electrons. The fourth-order valence-electron chi connectivity index (χ4n) is 2.33. The molecule has 0 aromatic heterocycles. The summed E-state index contributed by atoms with van der Waals surface area (Å²) >= 11 is 3.26. The summed E-state index contributed by atoms with van der Waals surface area (Å²) in [5.74, 6) is -0.741. The lowest BCUT2D eigenvalue weighted by molar-refractivity contribution is 0.00707. The Morgan fingerprint density at radius 3 is 3.11 bits per heavy atom. The first kappa shape index (κ1) is 14.5. The number of likely N-dealkylation sites (tertiary alicyclic amines) is 1. The van der Waals surface area contributed by atoms with Crippen LogP contribution in [0.5, 0.6) is 0 Å². The average molecular weight is 330 g/mol. The van der Waals surface area contributed by atoms with Crippen molar-refractivity contribution in [1.82, 2.24) is 4.90 Å². The van der Waals surface area contributed by atoms with Gasteiger partial charge in [0.2, 0.25) is 0 Å². The molecule has 1 unspecified atom stereocenters. The molecule has 0 bridgehead atoms. The lowest BCUT2D eigenvalue weighted by Gasteiger charge is -2.32. The van der Waals surface area contributed by atoms with Gasteiger partial charge in [0.05, 0.1) is 11.7 Å². The molecular formula is C14H17BrFNO2. The Hall–Kier alpha value is -0.940. The second-order valence-electron chi connectivity index (χ2n) is 4.59. The summed E-state index contributed by atoms with van der Waals surface area (Å²) in [6.45, 7) is 3.78. The molecule has 19 heavy (non-hydrogen) atoms. The van der Waals surface area contributed by atoms with Crippen LogP contribution in [0.25, 0.3) is 0 Å². The molecule has 3 nitrogen and oxygen atoms in total. The fourth-order valence-corrected chi connectivity index (χ4v) is 2.69. The van der Waals surface area contributed by atoms with E-state index in [-0.39, 0.29) is 17.6 Å². The number of halogens is 2. The monoisotopic (exact) mass is 329 g/mol. The number of hydrogen-bond donors (Lipinski definition) is 0. The van der Waals surface area contributed by atoms with Gasteiger partial charge in [-0.1, -0.05) is 15.9 Å². The minimum atomic E-state index is -0.480. The van der Waals surface area contributed by atoms with Gasteiger partial charge >= 0.3 is 0 Å². The molecular weight excluding hydrogens is 313 g/mol. The van der Waals surface area contributed by atoms with Crippen LogP contribution in [-0.4, -0.2) is 36.6 Å². The van der Waals surface area contributed by atoms with Crippen LogP contribution >= 0.6 is 15.9 Å². The lowest BCUT2D eigenvalue weighted by atomic mass is 10.1. The van der Waals surface area contributed by atoms with Crippen molar-refractivity contribution in [3.05, 3.63) is 34.1 Å². The summed E-state index contributed by atoms with van der Waals surface area (Å²) in [6.07, 6.45) is 1.92. The van der Waals surface area contributed by atoms with E-state index in [0.29, 0.717) is 24.2 Å². The molecule has 2 rings (SSSR count). The van der Waals surface area contributed by atoms with Gasteiger partial charge in [-0.2, -0.15) is 0 Å². The number of carbonyl (C=O) groups excluding carboxylic acids is 1. The minimum absolute atomic E-state index is 0.0675. The van der Waals surface area contributed by atoms with Gasteiger partial charge in [-0.05, 0) is 38.0 Å². The van der Waals surface area contributed by atoms with Gasteiger partial charge in [0, 0.05) is 24.2 Å². The molecule has 0 spiro atoms. The predicted molar refractivity (Wildman–Crippen MR) is 74.7 cm³/mol. The Kier molecular flexibility index (Phi) is 4.93. The lowest BCUT2D eigenvalue weighted by Crippen LogP contribution is -2.43. The smallest absolute Gasteiger partial charge is 0.256 e. The Labute approximate surface area is 120 Å². The number of benzene rings is 1. The highest BCUT2D eigenvalue weighted by Crippen LogP contribution is 2.20. The van der Waals surface area contributed by atoms with Gasteiger partial charge in [-0.3, -0.25) is 4.79 Å². The largest absolute Gasteiger partial charge is 0.377 e. The summed E-state index contributed by atoms with van der Waals surface area (Å²) in [6, 6.07) is 4.43. The highest BCUT2D eigenvalue weighted by atomic mass is 79.9. The van der Waals surface area contributed by atoms with Crippen molar-refractivity contribution in [2.24, 2.45) is 0 Å². The first-order valence-corrected chi connectivity index (χ1v) is 7.27. The van der Waals surface area contributed by atoms with E-state index in [4.69, 9.17) is 4.74 Å². The number of rotatable bonds is 3. The van der Waals surface area contributed by atoms with Gasteiger partial charge in [0.25, 0.3) is 5.91 Å². The zero-order valence-corrected chi connectivity index (χ0v) is 12.5. The number of piperidine rings is 1. The average Bonchev–Trinajstić information content (AvgIpc) is 2.41. The van der Waals surface area contributed by atoms with Gasteiger partial charge in [0.1, 0.15) is 5.82 Å². The third-order valence-electron chi connectivity index (χ3n) is 3.23. The third-order valence-corrected chi connectivity index (χ3v) is 3.72. The number of amides is 1. The summed E-state index contributed by atoms with van der Waals surface area (Å²) in [5.41, 5.74) is 0.117.